The van der Waals surface area contributed by atoms with Crippen molar-refractivity contribution >= 4 is 5.91 Å². The molecule has 2 atom stereocenters. The van der Waals surface area contributed by atoms with Gasteiger partial charge in [-0.2, -0.15) is 0 Å². The van der Waals surface area contributed by atoms with Gasteiger partial charge in [-0.1, -0.05) is 0 Å². The van der Waals surface area contributed by atoms with Crippen LogP contribution in [0, 0.1) is 18.8 Å². The average molecular weight is 316 g/mol. The summed E-state index contributed by atoms with van der Waals surface area (Å²) in [7, 11) is 4.25. The zero-order chi connectivity index (χ0) is 16.4. The van der Waals surface area contributed by atoms with Crippen LogP contribution in [-0.2, 0) is 0 Å². The number of likely N-dealkylation sites (tertiary alicyclic amines) is 2. The Morgan fingerprint density at radius 3 is 2.74 bits per heavy atom. The number of amides is 1. The number of hydrogen-bond acceptors (Lipinski definition) is 4. The second kappa shape index (κ2) is 6.97. The van der Waals surface area contributed by atoms with Gasteiger partial charge in [-0.05, 0) is 58.0 Å². The third kappa shape index (κ3) is 3.90. The van der Waals surface area contributed by atoms with E-state index >= 15 is 0 Å². The van der Waals surface area contributed by atoms with Crippen LogP contribution in [0.2, 0.25) is 0 Å². The molecule has 0 bridgehead atoms. The van der Waals surface area contributed by atoms with Gasteiger partial charge >= 0.3 is 0 Å². The maximum Gasteiger partial charge on any atom is 0.255 e. The summed E-state index contributed by atoms with van der Waals surface area (Å²) in [5, 5.41) is 0. The third-order valence-corrected chi connectivity index (χ3v) is 5.19. The molecule has 1 amide bonds. The Labute approximate surface area is 139 Å². The number of nitrogens with zero attached hydrogens (tertiary/aromatic N) is 4. The summed E-state index contributed by atoms with van der Waals surface area (Å²) in [6, 6.07) is 3.81. The van der Waals surface area contributed by atoms with Crippen LogP contribution in [0.5, 0.6) is 0 Å². The van der Waals surface area contributed by atoms with Crippen molar-refractivity contribution in [2.75, 3.05) is 53.4 Å². The summed E-state index contributed by atoms with van der Waals surface area (Å²) in [6.45, 7) is 8.30. The van der Waals surface area contributed by atoms with Crippen molar-refractivity contribution in [2.45, 2.75) is 13.3 Å². The van der Waals surface area contributed by atoms with Crippen LogP contribution in [0.4, 0.5) is 0 Å². The van der Waals surface area contributed by atoms with Gasteiger partial charge in [0.05, 0.1) is 5.56 Å². The molecule has 5 nitrogen and oxygen atoms in total. The van der Waals surface area contributed by atoms with Gasteiger partial charge in [0.15, 0.2) is 0 Å². The van der Waals surface area contributed by atoms with E-state index in [-0.39, 0.29) is 5.91 Å². The highest BCUT2D eigenvalue weighted by Crippen LogP contribution is 2.31. The molecule has 0 radical (unpaired) electrons. The zero-order valence-corrected chi connectivity index (χ0v) is 14.5. The van der Waals surface area contributed by atoms with Gasteiger partial charge in [0.2, 0.25) is 0 Å². The minimum Gasteiger partial charge on any atom is -0.338 e. The first-order chi connectivity index (χ1) is 11.0. The fourth-order valence-corrected chi connectivity index (χ4v) is 3.73. The number of piperidine rings is 1. The van der Waals surface area contributed by atoms with Crippen molar-refractivity contribution in [3.8, 4) is 0 Å². The molecular weight excluding hydrogens is 288 g/mol. The molecule has 3 rings (SSSR count). The summed E-state index contributed by atoms with van der Waals surface area (Å²) in [5.74, 6) is 1.45. The van der Waals surface area contributed by atoms with Crippen LogP contribution in [-0.4, -0.2) is 79.0 Å². The fourth-order valence-electron chi connectivity index (χ4n) is 3.73. The van der Waals surface area contributed by atoms with Crippen LogP contribution < -0.4 is 0 Å². The summed E-state index contributed by atoms with van der Waals surface area (Å²) in [6.07, 6.45) is 2.93. The first-order valence-corrected chi connectivity index (χ1v) is 8.62. The van der Waals surface area contributed by atoms with Crippen molar-refractivity contribution in [3.05, 3.63) is 29.6 Å². The molecule has 2 saturated heterocycles. The highest BCUT2D eigenvalue weighted by molar-refractivity contribution is 5.94. The minimum atomic E-state index is 0.145. The molecule has 2 fully saturated rings. The maximum atomic E-state index is 12.7. The highest BCUT2D eigenvalue weighted by Gasteiger charge is 2.38. The van der Waals surface area contributed by atoms with Crippen LogP contribution in [0.3, 0.4) is 0 Å². The van der Waals surface area contributed by atoms with E-state index in [2.05, 4.69) is 28.9 Å². The second-order valence-electron chi connectivity index (χ2n) is 7.31. The van der Waals surface area contributed by atoms with Crippen molar-refractivity contribution in [2.24, 2.45) is 11.8 Å². The molecule has 0 unspecified atom stereocenters. The Morgan fingerprint density at radius 1 is 1.26 bits per heavy atom. The lowest BCUT2D eigenvalue weighted by molar-refractivity contribution is 0.0783. The molecule has 0 aromatic carbocycles. The Morgan fingerprint density at radius 2 is 2.04 bits per heavy atom. The van der Waals surface area contributed by atoms with Gasteiger partial charge in [0, 0.05) is 44.6 Å². The Bertz CT molecular complexity index is 542. The predicted octanol–water partition coefficient (Wildman–Crippen LogP) is 1.35. The Kier molecular flexibility index (Phi) is 4.97. The van der Waals surface area contributed by atoms with Crippen LogP contribution in [0.1, 0.15) is 22.5 Å². The third-order valence-electron chi connectivity index (χ3n) is 5.19. The number of carbonyl (C=O) groups is 1. The lowest BCUT2D eigenvalue weighted by Crippen LogP contribution is -2.42. The van der Waals surface area contributed by atoms with E-state index in [4.69, 9.17) is 0 Å². The molecular formula is C18H28N4O. The van der Waals surface area contributed by atoms with E-state index in [0.717, 1.165) is 44.0 Å². The summed E-state index contributed by atoms with van der Waals surface area (Å²) in [5.41, 5.74) is 1.67. The normalized spacial score (nSPS) is 25.0. The molecule has 126 valence electrons. The molecule has 3 heterocycles. The smallest absolute Gasteiger partial charge is 0.255 e. The average Bonchev–Trinajstić information content (AvgIpc) is 2.96. The molecule has 0 aliphatic carbocycles. The number of fused-ring (bicyclic) bond motifs is 1. The van der Waals surface area contributed by atoms with Crippen LogP contribution in [0.15, 0.2) is 18.3 Å². The molecule has 23 heavy (non-hydrogen) atoms. The van der Waals surface area contributed by atoms with E-state index in [1.54, 1.807) is 6.20 Å². The molecule has 0 saturated carbocycles. The number of aryl methyl sites for hydroxylation is 1. The molecule has 2 aliphatic rings. The summed E-state index contributed by atoms with van der Waals surface area (Å²) >= 11 is 0. The number of pyridine rings is 1. The molecule has 5 heteroatoms. The van der Waals surface area contributed by atoms with Crippen LogP contribution in [0.25, 0.3) is 0 Å². The molecule has 2 aliphatic heterocycles. The number of likely N-dealkylation sites (N-methyl/N-ethyl adjacent to an activating group) is 1. The molecule has 1 aromatic rings. The van der Waals surface area contributed by atoms with Crippen molar-refractivity contribution < 1.29 is 4.79 Å². The number of carbonyl (C=O) groups excluding carboxylic acids is 1. The standard InChI is InChI=1S/C18H28N4O/c1-14-4-5-15(10-19-14)18(23)22-12-16-6-7-21(9-8-20(2)3)11-17(16)13-22/h4-5,10,16-17H,6-9,11-13H2,1-3H3/t16-,17+/m1/s1. The lowest BCUT2D eigenvalue weighted by Gasteiger charge is -2.34. The zero-order valence-electron chi connectivity index (χ0n) is 14.5. The number of rotatable bonds is 4. The van der Waals surface area contributed by atoms with Crippen molar-refractivity contribution in [3.63, 3.8) is 0 Å². The van der Waals surface area contributed by atoms with Gasteiger partial charge in [-0.3, -0.25) is 9.78 Å². The van der Waals surface area contributed by atoms with Gasteiger partial charge in [-0.25, -0.2) is 0 Å². The van der Waals surface area contributed by atoms with Gasteiger partial charge in [0.1, 0.15) is 0 Å². The first kappa shape index (κ1) is 16.4. The monoisotopic (exact) mass is 316 g/mol. The van der Waals surface area contributed by atoms with Gasteiger partial charge in [0.25, 0.3) is 5.91 Å². The molecule has 0 spiro atoms. The topological polar surface area (TPSA) is 39.7 Å². The maximum absolute atomic E-state index is 12.7. The predicted molar refractivity (Wildman–Crippen MR) is 91.5 cm³/mol. The minimum absolute atomic E-state index is 0.145. The largest absolute Gasteiger partial charge is 0.338 e. The van der Waals surface area contributed by atoms with Crippen LogP contribution >= 0.6 is 0 Å². The van der Waals surface area contributed by atoms with Gasteiger partial charge in [-0.15, -0.1) is 0 Å². The molecule has 0 N–H and O–H groups in total. The SMILES string of the molecule is Cc1ccc(C(=O)N2C[C@H]3CCN(CCN(C)C)C[C@H]3C2)cn1. The van der Waals surface area contributed by atoms with Crippen molar-refractivity contribution in [1.29, 1.82) is 0 Å². The Balaban J connectivity index is 1.57. The number of aromatic nitrogens is 1. The summed E-state index contributed by atoms with van der Waals surface area (Å²) in [4.78, 5) is 23.8. The highest BCUT2D eigenvalue weighted by atomic mass is 16.2. The first-order valence-electron chi connectivity index (χ1n) is 8.62. The lowest BCUT2D eigenvalue weighted by atomic mass is 9.89. The van der Waals surface area contributed by atoms with E-state index < -0.39 is 0 Å². The summed E-state index contributed by atoms with van der Waals surface area (Å²) < 4.78 is 0. The second-order valence-corrected chi connectivity index (χ2v) is 7.31. The molecule has 1 aromatic heterocycles. The number of hydrogen-bond donors (Lipinski definition) is 0. The quantitative estimate of drug-likeness (QED) is 0.840. The fraction of sp³-hybridized carbons (Fsp3) is 0.667. The van der Waals surface area contributed by atoms with Crippen molar-refractivity contribution in [1.82, 2.24) is 19.7 Å². The van der Waals surface area contributed by atoms with E-state index in [1.165, 1.54) is 13.0 Å². The van der Waals surface area contributed by atoms with E-state index in [1.807, 2.05) is 24.0 Å². The van der Waals surface area contributed by atoms with E-state index in [9.17, 15) is 4.79 Å². The van der Waals surface area contributed by atoms with E-state index in [0.29, 0.717) is 11.8 Å². The Hall–Kier alpha value is -1.46. The van der Waals surface area contributed by atoms with Gasteiger partial charge < -0.3 is 14.7 Å².